The van der Waals surface area contributed by atoms with Crippen LogP contribution in [0.3, 0.4) is 0 Å². The molecule has 8 heteroatoms. The summed E-state index contributed by atoms with van der Waals surface area (Å²) in [4.78, 5) is 29.9. The summed E-state index contributed by atoms with van der Waals surface area (Å²) in [7, 11) is 0. The van der Waals surface area contributed by atoms with E-state index in [4.69, 9.17) is 4.74 Å². The Balaban J connectivity index is 1.29. The molecule has 2 amide bonds. The first-order valence-corrected chi connectivity index (χ1v) is 13.1. The summed E-state index contributed by atoms with van der Waals surface area (Å²) in [5, 5.41) is 11.7. The smallest absolute Gasteiger partial charge is 0.410 e. The maximum absolute atomic E-state index is 13.4. The fraction of sp³-hybridized carbons (Fsp3) is 0.880. The van der Waals surface area contributed by atoms with Crippen LogP contribution < -0.4 is 5.43 Å². The lowest BCUT2D eigenvalue weighted by molar-refractivity contribution is -0.142. The van der Waals surface area contributed by atoms with Gasteiger partial charge in [-0.25, -0.2) is 9.80 Å². The molecule has 8 nitrogen and oxygen atoms in total. The highest BCUT2D eigenvalue weighted by Crippen LogP contribution is 2.41. The summed E-state index contributed by atoms with van der Waals surface area (Å²) in [5.74, 6) is 1.25. The quantitative estimate of drug-likeness (QED) is 0.701. The fourth-order valence-corrected chi connectivity index (χ4v) is 7.01. The number of hydrazine groups is 1. The molecule has 0 radical (unpaired) electrons. The molecule has 2 aliphatic heterocycles. The number of hydrogen-bond acceptors (Lipinski definition) is 6. The maximum Gasteiger partial charge on any atom is 0.410 e. The lowest BCUT2D eigenvalue weighted by Gasteiger charge is -2.54. The molecule has 0 bridgehead atoms. The summed E-state index contributed by atoms with van der Waals surface area (Å²) < 4.78 is 5.99. The average Bonchev–Trinajstić information content (AvgIpc) is 3.54. The third-order valence-electron chi connectivity index (χ3n) is 8.83. The van der Waals surface area contributed by atoms with E-state index in [0.29, 0.717) is 30.8 Å². The van der Waals surface area contributed by atoms with Crippen molar-refractivity contribution in [3.63, 3.8) is 0 Å². The largest absolute Gasteiger partial charge is 0.446 e. The molecule has 5 aliphatic rings. The predicted molar refractivity (Wildman–Crippen MR) is 123 cm³/mol. The zero-order valence-electron chi connectivity index (χ0n) is 20.1. The van der Waals surface area contributed by atoms with Crippen molar-refractivity contribution in [3.8, 4) is 6.07 Å². The van der Waals surface area contributed by atoms with Gasteiger partial charge in [0, 0.05) is 51.0 Å². The number of nitrogens with one attached hydrogen (secondary N) is 1. The van der Waals surface area contributed by atoms with Crippen LogP contribution in [0.4, 0.5) is 4.79 Å². The number of amides is 2. The van der Waals surface area contributed by atoms with Crippen molar-refractivity contribution in [2.24, 2.45) is 17.8 Å². The van der Waals surface area contributed by atoms with Gasteiger partial charge < -0.3 is 14.5 Å². The van der Waals surface area contributed by atoms with Gasteiger partial charge in [-0.3, -0.25) is 10.2 Å². The molecule has 182 valence electrons. The number of nitriles is 1. The summed E-state index contributed by atoms with van der Waals surface area (Å²) in [6.45, 7) is 6.35. The Kier molecular flexibility index (Phi) is 6.54. The lowest BCUT2D eigenvalue weighted by atomic mass is 9.73. The van der Waals surface area contributed by atoms with Crippen LogP contribution in [0.5, 0.6) is 0 Å². The van der Waals surface area contributed by atoms with Gasteiger partial charge in [0.1, 0.15) is 6.10 Å². The molecule has 1 N–H and O–H groups in total. The molecule has 3 saturated carbocycles. The number of fused-ring (bicyclic) bond motifs is 1. The molecule has 7 atom stereocenters. The van der Waals surface area contributed by atoms with Gasteiger partial charge in [-0.1, -0.05) is 0 Å². The predicted octanol–water partition coefficient (Wildman–Crippen LogP) is 2.89. The van der Waals surface area contributed by atoms with Gasteiger partial charge in [0.15, 0.2) is 0 Å². The number of nitrogens with zero attached hydrogens (tertiary/aromatic N) is 4. The normalized spacial score (nSPS) is 39.6. The Morgan fingerprint density at radius 3 is 2.55 bits per heavy atom. The standard InChI is InChI=1S/C25H39N5O3/c1-16-14-28(25(32)33-22-5-3-4-18(10-22)12-26)24-11-19(6-9-23(24)30(16)17(2)31)20-13-27-29(15-20)21-7-8-21/h16,18-24,27H,3-11,13-15H2,1-2H3/t16-,18?,19?,20?,22?,23?,24?/m0/s1. The second-order valence-corrected chi connectivity index (χ2v) is 11.1. The van der Waals surface area contributed by atoms with Crippen LogP contribution in [0.1, 0.15) is 71.6 Å². The van der Waals surface area contributed by atoms with Crippen molar-refractivity contribution in [1.82, 2.24) is 20.2 Å². The molecule has 5 fully saturated rings. The Hall–Kier alpha value is -1.85. The molecule has 3 aliphatic carbocycles. The second-order valence-electron chi connectivity index (χ2n) is 11.1. The van der Waals surface area contributed by atoms with Crippen molar-refractivity contribution < 1.29 is 14.3 Å². The molecule has 0 aromatic heterocycles. The van der Waals surface area contributed by atoms with Crippen LogP contribution in [0.15, 0.2) is 0 Å². The van der Waals surface area contributed by atoms with Crippen LogP contribution in [0.25, 0.3) is 0 Å². The highest BCUT2D eigenvalue weighted by atomic mass is 16.6. The molecular weight excluding hydrogens is 418 g/mol. The Morgan fingerprint density at radius 2 is 1.82 bits per heavy atom. The van der Waals surface area contributed by atoms with Crippen molar-refractivity contribution >= 4 is 12.0 Å². The van der Waals surface area contributed by atoms with E-state index in [1.807, 2.05) is 16.7 Å². The number of carbonyl (C=O) groups is 2. The van der Waals surface area contributed by atoms with Crippen molar-refractivity contribution in [1.29, 1.82) is 5.26 Å². The minimum atomic E-state index is -0.242. The van der Waals surface area contributed by atoms with Crippen molar-refractivity contribution in [2.45, 2.75) is 102 Å². The Labute approximate surface area is 197 Å². The zero-order chi connectivity index (χ0) is 23.1. The van der Waals surface area contributed by atoms with Crippen LogP contribution in [0.2, 0.25) is 0 Å². The van der Waals surface area contributed by atoms with Crippen molar-refractivity contribution in [3.05, 3.63) is 0 Å². The molecule has 0 spiro atoms. The first-order chi connectivity index (χ1) is 15.9. The number of piperazine rings is 1. The highest BCUT2D eigenvalue weighted by molar-refractivity contribution is 5.75. The first kappa shape index (κ1) is 22.9. The van der Waals surface area contributed by atoms with Gasteiger partial charge in [0.25, 0.3) is 0 Å². The van der Waals surface area contributed by atoms with Gasteiger partial charge in [-0.05, 0) is 70.1 Å². The minimum Gasteiger partial charge on any atom is -0.446 e. The van der Waals surface area contributed by atoms with Gasteiger partial charge in [-0.2, -0.15) is 5.26 Å². The summed E-state index contributed by atoms with van der Waals surface area (Å²) in [6.07, 6.45) is 8.51. The van der Waals surface area contributed by atoms with Gasteiger partial charge >= 0.3 is 6.09 Å². The molecular formula is C25H39N5O3. The van der Waals surface area contributed by atoms with E-state index in [1.54, 1.807) is 6.92 Å². The Morgan fingerprint density at radius 1 is 1.00 bits per heavy atom. The number of hydrogen-bond donors (Lipinski definition) is 1. The number of rotatable bonds is 3. The van der Waals surface area contributed by atoms with Crippen molar-refractivity contribution in [2.75, 3.05) is 19.6 Å². The van der Waals surface area contributed by atoms with E-state index >= 15 is 0 Å². The SMILES string of the molecule is CC(=O)N1C2CCC(C3CNN(C4CC4)C3)CC2N(C(=O)OC2CCCC(C#N)C2)C[C@@H]1C. The average molecular weight is 458 g/mol. The number of ether oxygens (including phenoxy) is 1. The topological polar surface area (TPSA) is 88.9 Å². The summed E-state index contributed by atoms with van der Waals surface area (Å²) in [5.41, 5.74) is 3.61. The van der Waals surface area contributed by atoms with Gasteiger partial charge in [0.05, 0.1) is 18.2 Å². The second kappa shape index (κ2) is 9.42. The monoisotopic (exact) mass is 457 g/mol. The molecule has 2 saturated heterocycles. The van der Waals surface area contributed by atoms with E-state index in [2.05, 4.69) is 16.5 Å². The maximum atomic E-state index is 13.4. The van der Waals surface area contributed by atoms with Gasteiger partial charge in [-0.15, -0.1) is 0 Å². The molecule has 33 heavy (non-hydrogen) atoms. The first-order valence-electron chi connectivity index (χ1n) is 13.1. The van der Waals surface area contributed by atoms with E-state index in [-0.39, 0.29) is 42.1 Å². The number of carbonyl (C=O) groups excluding carboxylic acids is 2. The van der Waals surface area contributed by atoms with E-state index < -0.39 is 0 Å². The van der Waals surface area contributed by atoms with Gasteiger partial charge in [0.2, 0.25) is 5.91 Å². The third-order valence-corrected chi connectivity index (χ3v) is 8.83. The third kappa shape index (κ3) is 4.72. The summed E-state index contributed by atoms with van der Waals surface area (Å²) >= 11 is 0. The molecule has 5 rings (SSSR count). The lowest BCUT2D eigenvalue weighted by Crippen LogP contribution is -2.67. The molecule has 6 unspecified atom stereocenters. The van der Waals surface area contributed by atoms with E-state index in [9.17, 15) is 14.9 Å². The van der Waals surface area contributed by atoms with E-state index in [1.165, 1.54) is 12.8 Å². The van der Waals surface area contributed by atoms with Crippen LogP contribution in [-0.2, 0) is 9.53 Å². The Bertz CT molecular complexity index is 795. The van der Waals surface area contributed by atoms with Crippen LogP contribution in [0, 0.1) is 29.1 Å². The van der Waals surface area contributed by atoms with Crippen LogP contribution in [-0.4, -0.2) is 76.7 Å². The summed E-state index contributed by atoms with van der Waals surface area (Å²) in [6, 6.07) is 3.15. The van der Waals surface area contributed by atoms with Crippen LogP contribution >= 0.6 is 0 Å². The van der Waals surface area contributed by atoms with E-state index in [0.717, 1.165) is 51.6 Å². The molecule has 0 aromatic carbocycles. The molecule has 0 aromatic rings. The zero-order valence-corrected chi connectivity index (χ0v) is 20.1. The minimum absolute atomic E-state index is 0.00966. The fourth-order valence-electron chi connectivity index (χ4n) is 7.01. The molecule has 2 heterocycles. The highest BCUT2D eigenvalue weighted by Gasteiger charge is 2.49.